The number of aliphatic hydroxyl groups is 2. The SMILES string of the molecule is CCCCCCCCCC(=O)N(CCCO)CCCO. The van der Waals surface area contributed by atoms with Crippen molar-refractivity contribution in [3.05, 3.63) is 0 Å². The van der Waals surface area contributed by atoms with Crippen molar-refractivity contribution >= 4 is 5.91 Å². The number of carbonyl (C=O) groups excluding carboxylic acids is 1. The normalized spacial score (nSPS) is 10.8. The first kappa shape index (κ1) is 19.4. The van der Waals surface area contributed by atoms with Crippen LogP contribution >= 0.6 is 0 Å². The molecular formula is C16H33NO3. The van der Waals surface area contributed by atoms with E-state index in [4.69, 9.17) is 10.2 Å². The van der Waals surface area contributed by atoms with Crippen molar-refractivity contribution < 1.29 is 15.0 Å². The lowest BCUT2D eigenvalue weighted by atomic mass is 10.1. The lowest BCUT2D eigenvalue weighted by molar-refractivity contribution is -0.131. The van der Waals surface area contributed by atoms with E-state index in [1.807, 2.05) is 0 Å². The molecule has 20 heavy (non-hydrogen) atoms. The number of amides is 1. The molecule has 0 aromatic rings. The number of rotatable bonds is 14. The minimum atomic E-state index is 0.111. The largest absolute Gasteiger partial charge is 0.396 e. The highest BCUT2D eigenvalue weighted by molar-refractivity contribution is 5.76. The van der Waals surface area contributed by atoms with Crippen LogP contribution in [-0.4, -0.2) is 47.3 Å². The highest BCUT2D eigenvalue weighted by Gasteiger charge is 2.11. The maximum Gasteiger partial charge on any atom is 0.222 e. The van der Waals surface area contributed by atoms with E-state index in [2.05, 4.69) is 6.92 Å². The number of unbranched alkanes of at least 4 members (excludes halogenated alkanes) is 6. The highest BCUT2D eigenvalue weighted by atomic mass is 16.3. The van der Waals surface area contributed by atoms with Crippen LogP contribution in [0.4, 0.5) is 0 Å². The Bertz CT molecular complexity index is 214. The molecular weight excluding hydrogens is 254 g/mol. The third-order valence-corrected chi connectivity index (χ3v) is 3.52. The second-order valence-electron chi connectivity index (χ2n) is 5.41. The molecule has 1 amide bonds. The predicted octanol–water partition coefficient (Wildman–Crippen LogP) is 2.72. The molecule has 0 aliphatic rings. The summed E-state index contributed by atoms with van der Waals surface area (Å²) in [6, 6.07) is 0. The molecule has 0 unspecified atom stereocenters. The molecule has 0 aliphatic heterocycles. The minimum absolute atomic E-state index is 0.111. The summed E-state index contributed by atoms with van der Waals surface area (Å²) in [5, 5.41) is 17.7. The van der Waals surface area contributed by atoms with Gasteiger partial charge in [0.15, 0.2) is 0 Å². The summed E-state index contributed by atoms with van der Waals surface area (Å²) in [6.45, 7) is 3.64. The van der Waals surface area contributed by atoms with Crippen LogP contribution in [0, 0.1) is 0 Å². The van der Waals surface area contributed by atoms with E-state index in [0.29, 0.717) is 32.4 Å². The van der Waals surface area contributed by atoms with Gasteiger partial charge in [0.25, 0.3) is 0 Å². The first-order chi connectivity index (χ1) is 9.76. The van der Waals surface area contributed by atoms with Gasteiger partial charge in [0, 0.05) is 32.7 Å². The average Bonchev–Trinajstić information content (AvgIpc) is 2.46. The minimum Gasteiger partial charge on any atom is -0.396 e. The summed E-state index contributed by atoms with van der Waals surface area (Å²) in [4.78, 5) is 13.8. The number of nitrogens with zero attached hydrogens (tertiary/aromatic N) is 1. The molecule has 0 saturated heterocycles. The van der Waals surface area contributed by atoms with Crippen molar-refractivity contribution in [2.75, 3.05) is 26.3 Å². The summed E-state index contributed by atoms with van der Waals surface area (Å²) >= 11 is 0. The van der Waals surface area contributed by atoms with E-state index in [1.54, 1.807) is 4.90 Å². The summed E-state index contributed by atoms with van der Waals surface area (Å²) in [7, 11) is 0. The lowest BCUT2D eigenvalue weighted by Crippen LogP contribution is -2.33. The second kappa shape index (κ2) is 14.8. The first-order valence-electron chi connectivity index (χ1n) is 8.25. The number of hydrogen-bond acceptors (Lipinski definition) is 3. The lowest BCUT2D eigenvalue weighted by Gasteiger charge is -2.22. The van der Waals surface area contributed by atoms with Gasteiger partial charge in [0.2, 0.25) is 5.91 Å². The monoisotopic (exact) mass is 287 g/mol. The van der Waals surface area contributed by atoms with E-state index in [0.717, 1.165) is 12.8 Å². The molecule has 0 bridgehead atoms. The van der Waals surface area contributed by atoms with Gasteiger partial charge in [-0.05, 0) is 19.3 Å². The quantitative estimate of drug-likeness (QED) is 0.483. The second-order valence-corrected chi connectivity index (χ2v) is 5.41. The standard InChI is InChI=1S/C16H33NO3/c1-2-3-4-5-6-7-8-11-16(20)17(12-9-14-18)13-10-15-19/h18-19H,2-15H2,1H3. The number of carbonyl (C=O) groups is 1. The van der Waals surface area contributed by atoms with Gasteiger partial charge in [-0.15, -0.1) is 0 Å². The Balaban J connectivity index is 3.71. The van der Waals surface area contributed by atoms with E-state index in [9.17, 15) is 4.79 Å². The van der Waals surface area contributed by atoms with Crippen molar-refractivity contribution in [2.24, 2.45) is 0 Å². The molecule has 0 aromatic heterocycles. The zero-order chi connectivity index (χ0) is 15.1. The molecule has 0 aliphatic carbocycles. The molecule has 0 heterocycles. The van der Waals surface area contributed by atoms with Gasteiger partial charge in [-0.2, -0.15) is 0 Å². The smallest absolute Gasteiger partial charge is 0.222 e. The van der Waals surface area contributed by atoms with Crippen molar-refractivity contribution in [3.63, 3.8) is 0 Å². The van der Waals surface area contributed by atoms with Crippen LogP contribution in [0.2, 0.25) is 0 Å². The van der Waals surface area contributed by atoms with Crippen molar-refractivity contribution in [2.45, 2.75) is 71.1 Å². The predicted molar refractivity (Wildman–Crippen MR) is 82.6 cm³/mol. The van der Waals surface area contributed by atoms with Gasteiger partial charge < -0.3 is 15.1 Å². The zero-order valence-corrected chi connectivity index (χ0v) is 13.1. The van der Waals surface area contributed by atoms with Gasteiger partial charge in [-0.1, -0.05) is 45.4 Å². The number of aliphatic hydroxyl groups excluding tert-OH is 2. The van der Waals surface area contributed by atoms with Gasteiger partial charge in [-0.3, -0.25) is 4.79 Å². The van der Waals surface area contributed by atoms with Gasteiger partial charge >= 0.3 is 0 Å². The fourth-order valence-corrected chi connectivity index (χ4v) is 2.28. The third-order valence-electron chi connectivity index (χ3n) is 3.52. The maximum atomic E-state index is 12.1. The Morgan fingerprint density at radius 3 is 1.80 bits per heavy atom. The first-order valence-corrected chi connectivity index (χ1v) is 8.25. The molecule has 2 N–H and O–H groups in total. The molecule has 0 aromatic carbocycles. The summed E-state index contributed by atoms with van der Waals surface area (Å²) in [5.74, 6) is 0.167. The van der Waals surface area contributed by atoms with Crippen LogP contribution in [-0.2, 0) is 4.79 Å². The Hall–Kier alpha value is -0.610. The molecule has 0 rings (SSSR count). The Morgan fingerprint density at radius 2 is 1.30 bits per heavy atom. The summed E-state index contributed by atoms with van der Waals surface area (Å²) in [6.07, 6.45) is 10.3. The zero-order valence-electron chi connectivity index (χ0n) is 13.1. The van der Waals surface area contributed by atoms with Crippen LogP contribution in [0.15, 0.2) is 0 Å². The molecule has 120 valence electrons. The van der Waals surface area contributed by atoms with E-state index in [-0.39, 0.29) is 19.1 Å². The molecule has 0 atom stereocenters. The summed E-state index contributed by atoms with van der Waals surface area (Å²) < 4.78 is 0. The molecule has 0 saturated carbocycles. The van der Waals surface area contributed by atoms with Gasteiger partial charge in [-0.25, -0.2) is 0 Å². The summed E-state index contributed by atoms with van der Waals surface area (Å²) in [5.41, 5.74) is 0. The molecule has 0 radical (unpaired) electrons. The van der Waals surface area contributed by atoms with Crippen molar-refractivity contribution in [3.8, 4) is 0 Å². The van der Waals surface area contributed by atoms with Crippen LogP contribution < -0.4 is 0 Å². The highest BCUT2D eigenvalue weighted by Crippen LogP contribution is 2.10. The van der Waals surface area contributed by atoms with Gasteiger partial charge in [0.05, 0.1) is 0 Å². The van der Waals surface area contributed by atoms with Crippen LogP contribution in [0.25, 0.3) is 0 Å². The molecule has 0 spiro atoms. The topological polar surface area (TPSA) is 60.8 Å². The van der Waals surface area contributed by atoms with Gasteiger partial charge in [0.1, 0.15) is 0 Å². The molecule has 0 fully saturated rings. The molecule has 4 nitrogen and oxygen atoms in total. The number of hydrogen-bond donors (Lipinski definition) is 2. The van der Waals surface area contributed by atoms with Crippen molar-refractivity contribution in [1.29, 1.82) is 0 Å². The Morgan fingerprint density at radius 1 is 0.800 bits per heavy atom. The third kappa shape index (κ3) is 11.2. The fourth-order valence-electron chi connectivity index (χ4n) is 2.28. The van der Waals surface area contributed by atoms with Crippen LogP contribution in [0.3, 0.4) is 0 Å². The molecule has 4 heteroatoms. The van der Waals surface area contributed by atoms with Crippen LogP contribution in [0.1, 0.15) is 71.1 Å². The maximum absolute atomic E-state index is 12.1. The van der Waals surface area contributed by atoms with E-state index < -0.39 is 0 Å². The average molecular weight is 287 g/mol. The van der Waals surface area contributed by atoms with E-state index >= 15 is 0 Å². The van der Waals surface area contributed by atoms with E-state index in [1.165, 1.54) is 32.1 Å². The Labute approximate surface area is 124 Å². The Kier molecular flexibility index (Phi) is 14.3. The van der Waals surface area contributed by atoms with Crippen LogP contribution in [0.5, 0.6) is 0 Å². The fraction of sp³-hybridized carbons (Fsp3) is 0.938. The van der Waals surface area contributed by atoms with Crippen molar-refractivity contribution in [1.82, 2.24) is 4.90 Å².